The summed E-state index contributed by atoms with van der Waals surface area (Å²) in [5.74, 6) is -2.60. The molecule has 2 atom stereocenters. The summed E-state index contributed by atoms with van der Waals surface area (Å²) < 4.78 is 5.47. The Balaban J connectivity index is 1.51. The number of amides is 1. The number of thiazole rings is 2. The van der Waals surface area contributed by atoms with Crippen molar-refractivity contribution in [2.45, 2.75) is 31.1 Å². The summed E-state index contributed by atoms with van der Waals surface area (Å²) in [6.45, 7) is 0. The summed E-state index contributed by atoms with van der Waals surface area (Å²) >= 11 is 2.34. The predicted octanol–water partition coefficient (Wildman–Crippen LogP) is 1.31. The highest BCUT2D eigenvalue weighted by molar-refractivity contribution is 7.13. The molecule has 3 aromatic rings. The van der Waals surface area contributed by atoms with Gasteiger partial charge in [0.1, 0.15) is 11.8 Å². The van der Waals surface area contributed by atoms with Gasteiger partial charge in [0.05, 0.1) is 23.4 Å². The maximum atomic E-state index is 13.3. The van der Waals surface area contributed by atoms with E-state index in [9.17, 15) is 24.5 Å². The Morgan fingerprint density at radius 2 is 1.94 bits per heavy atom. The van der Waals surface area contributed by atoms with E-state index in [0.29, 0.717) is 22.1 Å². The van der Waals surface area contributed by atoms with E-state index in [1.165, 1.54) is 17.4 Å². The van der Waals surface area contributed by atoms with Gasteiger partial charge in [-0.15, -0.1) is 22.7 Å². The van der Waals surface area contributed by atoms with Crippen molar-refractivity contribution in [3.05, 3.63) is 51.5 Å². The number of para-hydroxylation sites is 1. The average Bonchev–Trinajstić information content (AvgIpc) is 3.39. The first kappa shape index (κ1) is 23.7. The van der Waals surface area contributed by atoms with Crippen LogP contribution in [0, 0.1) is 0 Å². The Morgan fingerprint density at radius 3 is 2.59 bits per heavy atom. The highest BCUT2D eigenvalue weighted by Gasteiger charge is 2.39. The summed E-state index contributed by atoms with van der Waals surface area (Å²) in [6, 6.07) is 3.56. The first-order valence-corrected chi connectivity index (χ1v) is 11.9. The van der Waals surface area contributed by atoms with E-state index in [1.54, 1.807) is 22.9 Å². The molecule has 1 amide bonds. The van der Waals surface area contributed by atoms with Crippen molar-refractivity contribution in [3.63, 3.8) is 0 Å². The summed E-state index contributed by atoms with van der Waals surface area (Å²) in [4.78, 5) is 45.5. The normalized spacial score (nSPS) is 15.8. The van der Waals surface area contributed by atoms with Gasteiger partial charge in [-0.1, -0.05) is 12.1 Å². The minimum Gasteiger partial charge on any atom is -0.535 e. The maximum Gasteiger partial charge on any atom is 0.526 e. The number of nitrogens with one attached hydrogen (secondary N) is 1. The Hall–Kier alpha value is -3.49. The number of carbonyl (C=O) groups excluding carboxylic acids is 2. The quantitative estimate of drug-likeness (QED) is 0.281. The number of hydrogen-bond donors (Lipinski definition) is 5. The van der Waals surface area contributed by atoms with E-state index < -0.39 is 36.6 Å². The second-order valence-electron chi connectivity index (χ2n) is 7.71. The number of carboxylic acid groups (broad SMARTS) is 1. The minimum absolute atomic E-state index is 0.0629. The Labute approximate surface area is 201 Å². The SMILES string of the molecule is Nc1nc(CC(=O)NC(C(=O)C[C@H]2Cc3cccc(C(=O)O)c3OB2O)c2csc(N)n2)cs1. The molecule has 1 aliphatic rings. The minimum atomic E-state index is -1.40. The van der Waals surface area contributed by atoms with Gasteiger partial charge in [0.25, 0.3) is 0 Å². The van der Waals surface area contributed by atoms with Gasteiger partial charge < -0.3 is 31.6 Å². The van der Waals surface area contributed by atoms with Crippen molar-refractivity contribution in [1.29, 1.82) is 0 Å². The highest BCUT2D eigenvalue weighted by Crippen LogP contribution is 2.37. The van der Waals surface area contributed by atoms with Gasteiger partial charge in [-0.25, -0.2) is 14.8 Å². The van der Waals surface area contributed by atoms with E-state index >= 15 is 0 Å². The molecule has 0 spiro atoms. The number of Topliss-reactive ketones (excluding diaryl/α,β-unsaturated/α-hetero) is 1. The molecule has 176 valence electrons. The van der Waals surface area contributed by atoms with Crippen molar-refractivity contribution in [3.8, 4) is 5.75 Å². The van der Waals surface area contributed by atoms with Crippen LogP contribution < -0.4 is 21.4 Å². The molecule has 14 heteroatoms. The first-order valence-electron chi connectivity index (χ1n) is 10.1. The van der Waals surface area contributed by atoms with Crippen LogP contribution in [0.4, 0.5) is 10.3 Å². The number of rotatable bonds is 8. The van der Waals surface area contributed by atoms with E-state index in [-0.39, 0.29) is 35.7 Å². The van der Waals surface area contributed by atoms with Crippen molar-refractivity contribution in [2.75, 3.05) is 11.5 Å². The molecule has 1 aliphatic heterocycles. The standard InChI is InChI=1S/C20H20BN5O6S2/c22-19-24-11(7-33-19)6-15(28)26-16(13-8-34-20(23)25-13)14(27)5-10-4-9-2-1-3-12(18(29)30)17(9)32-21(10)31/h1-3,7-8,10,16,31H,4-6H2,(H2,22,24)(H2,23,25)(H,26,28)(H,29,30)/t10-,16?/m1/s1. The van der Waals surface area contributed by atoms with E-state index in [1.807, 2.05) is 0 Å². The van der Waals surface area contributed by atoms with Crippen LogP contribution in [0.2, 0.25) is 5.82 Å². The third kappa shape index (κ3) is 5.19. The predicted molar refractivity (Wildman–Crippen MR) is 127 cm³/mol. The topological polar surface area (TPSA) is 191 Å². The van der Waals surface area contributed by atoms with Gasteiger partial charge in [-0.2, -0.15) is 0 Å². The fourth-order valence-corrected chi connectivity index (χ4v) is 4.89. The average molecular weight is 501 g/mol. The Bertz CT molecular complexity index is 1250. The van der Waals surface area contributed by atoms with E-state index in [2.05, 4.69) is 15.3 Å². The van der Waals surface area contributed by atoms with Crippen LogP contribution in [0.25, 0.3) is 0 Å². The van der Waals surface area contributed by atoms with Crippen LogP contribution in [-0.4, -0.2) is 44.9 Å². The lowest BCUT2D eigenvalue weighted by Gasteiger charge is -2.28. The second kappa shape index (κ2) is 9.79. The monoisotopic (exact) mass is 501 g/mol. The molecule has 3 heterocycles. The molecular weight excluding hydrogens is 481 g/mol. The van der Waals surface area contributed by atoms with Crippen molar-refractivity contribution in [2.24, 2.45) is 0 Å². The molecule has 7 N–H and O–H groups in total. The summed E-state index contributed by atoms with van der Waals surface area (Å²) in [5.41, 5.74) is 12.6. The second-order valence-corrected chi connectivity index (χ2v) is 9.49. The first-order chi connectivity index (χ1) is 16.2. The van der Waals surface area contributed by atoms with E-state index in [4.69, 9.17) is 16.1 Å². The van der Waals surface area contributed by atoms with Crippen molar-refractivity contribution >= 4 is 57.7 Å². The number of nitrogens with two attached hydrogens (primary N) is 2. The zero-order valence-electron chi connectivity index (χ0n) is 17.6. The van der Waals surface area contributed by atoms with Gasteiger partial charge in [-0.05, 0) is 18.1 Å². The molecule has 2 aromatic heterocycles. The number of hydrogen-bond acceptors (Lipinski definition) is 11. The molecule has 34 heavy (non-hydrogen) atoms. The molecule has 1 unspecified atom stereocenters. The van der Waals surface area contributed by atoms with Crippen LogP contribution in [0.15, 0.2) is 29.0 Å². The fourth-order valence-electron chi connectivity index (χ4n) is 3.74. The van der Waals surface area contributed by atoms with Crippen LogP contribution >= 0.6 is 22.7 Å². The number of benzene rings is 1. The zero-order chi connectivity index (χ0) is 24.4. The lowest BCUT2D eigenvalue weighted by molar-refractivity contribution is -0.127. The largest absolute Gasteiger partial charge is 0.535 e. The summed E-state index contributed by atoms with van der Waals surface area (Å²) in [5, 5.41) is 26.3. The smallest absolute Gasteiger partial charge is 0.526 e. The van der Waals surface area contributed by atoms with Crippen molar-refractivity contribution in [1.82, 2.24) is 15.3 Å². The maximum absolute atomic E-state index is 13.3. The number of aromatic nitrogens is 2. The number of ketones is 1. The number of carbonyl (C=O) groups is 3. The van der Waals surface area contributed by atoms with E-state index in [0.717, 1.165) is 11.3 Å². The van der Waals surface area contributed by atoms with Crippen LogP contribution in [0.5, 0.6) is 5.75 Å². The van der Waals surface area contributed by atoms with Crippen molar-refractivity contribution < 1.29 is 29.2 Å². The molecule has 0 fully saturated rings. The number of nitrogen functional groups attached to an aromatic ring is 2. The molecule has 4 rings (SSSR count). The zero-order valence-corrected chi connectivity index (χ0v) is 19.3. The van der Waals surface area contributed by atoms with Crippen LogP contribution in [0.1, 0.15) is 39.8 Å². The number of anilines is 2. The number of carboxylic acids is 1. The lowest BCUT2D eigenvalue weighted by atomic mass is 9.64. The van der Waals surface area contributed by atoms with Crippen LogP contribution in [0.3, 0.4) is 0 Å². The van der Waals surface area contributed by atoms with Gasteiger partial charge in [0.15, 0.2) is 16.0 Å². The molecule has 0 saturated heterocycles. The Morgan fingerprint density at radius 1 is 1.21 bits per heavy atom. The third-order valence-electron chi connectivity index (χ3n) is 5.29. The highest BCUT2D eigenvalue weighted by atomic mass is 32.1. The Kier molecular flexibility index (Phi) is 6.81. The molecule has 0 bridgehead atoms. The third-order valence-corrected chi connectivity index (χ3v) is 6.70. The fraction of sp³-hybridized carbons (Fsp3) is 0.250. The molecule has 0 saturated carbocycles. The summed E-state index contributed by atoms with van der Waals surface area (Å²) in [6.07, 6.45) is 0.00285. The number of fused-ring (bicyclic) bond motifs is 1. The lowest BCUT2D eigenvalue weighted by Crippen LogP contribution is -2.39. The van der Waals surface area contributed by atoms with Gasteiger partial charge in [-0.3, -0.25) is 9.59 Å². The molecular formula is C20H20BN5O6S2. The molecule has 11 nitrogen and oxygen atoms in total. The molecule has 0 aliphatic carbocycles. The molecule has 1 aromatic carbocycles. The van der Waals surface area contributed by atoms with Gasteiger partial charge in [0.2, 0.25) is 5.91 Å². The summed E-state index contributed by atoms with van der Waals surface area (Å²) in [7, 11) is -1.40. The van der Waals surface area contributed by atoms with Gasteiger partial charge in [0, 0.05) is 23.0 Å². The van der Waals surface area contributed by atoms with Gasteiger partial charge >= 0.3 is 13.1 Å². The molecule has 0 radical (unpaired) electrons. The number of nitrogens with zero attached hydrogens (tertiary/aromatic N) is 2. The number of aromatic carboxylic acids is 1. The van der Waals surface area contributed by atoms with Crippen LogP contribution in [-0.2, 0) is 22.4 Å².